The number of halogens is 1. The van der Waals surface area contributed by atoms with E-state index in [0.717, 1.165) is 29.9 Å². The zero-order valence-corrected chi connectivity index (χ0v) is 19.9. The van der Waals surface area contributed by atoms with Gasteiger partial charge in [0.1, 0.15) is 5.70 Å². The molecule has 174 valence electrons. The third-order valence-electron chi connectivity index (χ3n) is 5.09. The number of rotatable bonds is 9. The summed E-state index contributed by atoms with van der Waals surface area (Å²) in [5.41, 5.74) is 5.59. The number of hydrogen-bond donors (Lipinski definition) is 2. The number of amides is 2. The van der Waals surface area contributed by atoms with E-state index in [-0.39, 0.29) is 11.6 Å². The van der Waals surface area contributed by atoms with E-state index in [1.165, 1.54) is 6.21 Å². The molecule has 0 fully saturated rings. The summed E-state index contributed by atoms with van der Waals surface area (Å²) in [7, 11) is 0. The molecule has 0 aliphatic rings. The molecule has 0 saturated carbocycles. The number of nitrogens with zero attached hydrogens (tertiary/aromatic N) is 2. The molecule has 0 radical (unpaired) electrons. The highest BCUT2D eigenvalue weighted by Crippen LogP contribution is 2.17. The molecule has 2 N–H and O–H groups in total. The van der Waals surface area contributed by atoms with E-state index in [4.69, 9.17) is 11.6 Å². The predicted molar refractivity (Wildman–Crippen MR) is 139 cm³/mol. The number of hydrogen-bond acceptors (Lipinski definition) is 4. The van der Waals surface area contributed by atoms with Crippen LogP contribution in [0.15, 0.2) is 89.7 Å². The average molecular weight is 475 g/mol. The van der Waals surface area contributed by atoms with Gasteiger partial charge in [-0.2, -0.15) is 5.10 Å². The first kappa shape index (κ1) is 24.7. The van der Waals surface area contributed by atoms with Gasteiger partial charge >= 0.3 is 0 Å². The lowest BCUT2D eigenvalue weighted by Crippen LogP contribution is -2.32. The molecule has 2 amide bonds. The van der Waals surface area contributed by atoms with E-state index in [0.29, 0.717) is 10.6 Å². The largest absolute Gasteiger partial charge is 0.372 e. The van der Waals surface area contributed by atoms with Crippen molar-refractivity contribution in [1.29, 1.82) is 0 Å². The molecule has 3 aromatic carbocycles. The zero-order valence-electron chi connectivity index (χ0n) is 19.2. The highest BCUT2D eigenvalue weighted by Gasteiger charge is 2.14. The van der Waals surface area contributed by atoms with Crippen LogP contribution in [-0.4, -0.2) is 31.1 Å². The summed E-state index contributed by atoms with van der Waals surface area (Å²) in [6, 6.07) is 23.6. The summed E-state index contributed by atoms with van der Waals surface area (Å²) in [6.45, 7) is 6.00. The van der Waals surface area contributed by atoms with Crippen LogP contribution >= 0.6 is 11.6 Å². The van der Waals surface area contributed by atoms with Crippen molar-refractivity contribution in [3.8, 4) is 0 Å². The number of carbonyl (C=O) groups excluding carboxylic acids is 2. The van der Waals surface area contributed by atoms with Crippen LogP contribution in [-0.2, 0) is 4.79 Å². The average Bonchev–Trinajstić information content (AvgIpc) is 2.86. The second-order valence-electron chi connectivity index (χ2n) is 7.40. The van der Waals surface area contributed by atoms with Gasteiger partial charge in [0.15, 0.2) is 0 Å². The Labute approximate surface area is 204 Å². The van der Waals surface area contributed by atoms with Gasteiger partial charge in [-0.1, -0.05) is 54.1 Å². The van der Waals surface area contributed by atoms with E-state index >= 15 is 0 Å². The first-order valence-corrected chi connectivity index (χ1v) is 11.4. The van der Waals surface area contributed by atoms with Gasteiger partial charge in [0, 0.05) is 29.4 Å². The Kier molecular flexibility index (Phi) is 9.00. The van der Waals surface area contributed by atoms with E-state index in [2.05, 4.69) is 34.6 Å². The normalized spacial score (nSPS) is 11.3. The van der Waals surface area contributed by atoms with Crippen molar-refractivity contribution in [3.63, 3.8) is 0 Å². The summed E-state index contributed by atoms with van der Waals surface area (Å²) in [5.74, 6) is -0.934. The van der Waals surface area contributed by atoms with Crippen LogP contribution in [0.4, 0.5) is 5.69 Å². The molecule has 3 aromatic rings. The van der Waals surface area contributed by atoms with Crippen LogP contribution in [0.3, 0.4) is 0 Å². The first-order valence-electron chi connectivity index (χ1n) is 11.0. The Bertz CT molecular complexity index is 1170. The van der Waals surface area contributed by atoms with E-state index < -0.39 is 5.91 Å². The van der Waals surface area contributed by atoms with Crippen LogP contribution < -0.4 is 15.6 Å². The molecule has 0 spiro atoms. The number of nitrogens with one attached hydrogen (secondary N) is 2. The second kappa shape index (κ2) is 12.4. The fourth-order valence-corrected chi connectivity index (χ4v) is 3.49. The van der Waals surface area contributed by atoms with Crippen molar-refractivity contribution < 1.29 is 9.59 Å². The Morgan fingerprint density at radius 3 is 2.26 bits per heavy atom. The van der Waals surface area contributed by atoms with E-state index in [1.54, 1.807) is 48.5 Å². The molecule has 0 unspecified atom stereocenters. The monoisotopic (exact) mass is 474 g/mol. The zero-order chi connectivity index (χ0) is 24.3. The molecule has 0 saturated heterocycles. The lowest BCUT2D eigenvalue weighted by atomic mass is 10.1. The van der Waals surface area contributed by atoms with E-state index in [9.17, 15) is 9.59 Å². The Balaban J connectivity index is 1.82. The van der Waals surface area contributed by atoms with Crippen LogP contribution in [0.1, 0.15) is 35.3 Å². The molecule has 0 atom stereocenters. The molecule has 7 heteroatoms. The van der Waals surface area contributed by atoms with Gasteiger partial charge in [0.2, 0.25) is 0 Å². The van der Waals surface area contributed by atoms with Crippen molar-refractivity contribution in [3.05, 3.63) is 106 Å². The quantitative estimate of drug-likeness (QED) is 0.257. The SMILES string of the molecule is CCN(CC)c1ccc(/C=C(\NC(=O)c2ccccc2)C(=O)NN=Cc2cccc(Cl)c2)cc1. The lowest BCUT2D eigenvalue weighted by molar-refractivity contribution is -0.117. The van der Waals surface area contributed by atoms with Crippen molar-refractivity contribution in [2.24, 2.45) is 5.10 Å². The standard InChI is InChI=1S/C27H27ClN4O2/c1-3-32(4-2)24-15-13-20(14-16-24)18-25(30-26(33)22-10-6-5-7-11-22)27(34)31-29-19-21-9-8-12-23(28)17-21/h5-19H,3-4H2,1-2H3,(H,30,33)(H,31,34)/b25-18-,29-19?. The molecular formula is C27H27ClN4O2. The number of anilines is 1. The molecule has 0 aliphatic heterocycles. The second-order valence-corrected chi connectivity index (χ2v) is 7.83. The highest BCUT2D eigenvalue weighted by molar-refractivity contribution is 6.30. The van der Waals surface area contributed by atoms with Gasteiger partial charge in [-0.05, 0) is 67.4 Å². The minimum Gasteiger partial charge on any atom is -0.372 e. The van der Waals surface area contributed by atoms with Crippen molar-refractivity contribution >= 4 is 41.4 Å². The maximum Gasteiger partial charge on any atom is 0.287 e. The number of hydrazone groups is 1. The Hall–Kier alpha value is -3.90. The third-order valence-corrected chi connectivity index (χ3v) is 5.32. The Morgan fingerprint density at radius 2 is 1.62 bits per heavy atom. The molecule has 34 heavy (non-hydrogen) atoms. The maximum absolute atomic E-state index is 12.9. The summed E-state index contributed by atoms with van der Waals surface area (Å²) in [4.78, 5) is 27.8. The summed E-state index contributed by atoms with van der Waals surface area (Å²) < 4.78 is 0. The minimum absolute atomic E-state index is 0.0766. The van der Waals surface area contributed by atoms with Crippen molar-refractivity contribution in [2.75, 3.05) is 18.0 Å². The molecule has 0 aromatic heterocycles. The highest BCUT2D eigenvalue weighted by atomic mass is 35.5. The molecular weight excluding hydrogens is 448 g/mol. The van der Waals surface area contributed by atoms with Gasteiger partial charge in [-0.15, -0.1) is 0 Å². The fourth-order valence-electron chi connectivity index (χ4n) is 3.29. The molecule has 0 bridgehead atoms. The summed E-state index contributed by atoms with van der Waals surface area (Å²) in [6.07, 6.45) is 3.11. The molecule has 6 nitrogen and oxygen atoms in total. The lowest BCUT2D eigenvalue weighted by Gasteiger charge is -2.20. The topological polar surface area (TPSA) is 73.8 Å². The molecule has 0 aliphatic carbocycles. The smallest absolute Gasteiger partial charge is 0.287 e. The van der Waals surface area contributed by atoms with Gasteiger partial charge in [-0.25, -0.2) is 5.43 Å². The van der Waals surface area contributed by atoms with Crippen LogP contribution in [0.5, 0.6) is 0 Å². The van der Waals surface area contributed by atoms with Crippen LogP contribution in [0, 0.1) is 0 Å². The third kappa shape index (κ3) is 7.05. The minimum atomic E-state index is -0.546. The van der Waals surface area contributed by atoms with Gasteiger partial charge < -0.3 is 10.2 Å². The summed E-state index contributed by atoms with van der Waals surface area (Å²) in [5, 5.41) is 7.28. The van der Waals surface area contributed by atoms with Gasteiger partial charge in [0.25, 0.3) is 11.8 Å². The van der Waals surface area contributed by atoms with Crippen LogP contribution in [0.25, 0.3) is 6.08 Å². The van der Waals surface area contributed by atoms with Crippen molar-refractivity contribution in [2.45, 2.75) is 13.8 Å². The number of benzene rings is 3. The van der Waals surface area contributed by atoms with Crippen molar-refractivity contribution in [1.82, 2.24) is 10.7 Å². The predicted octanol–water partition coefficient (Wildman–Crippen LogP) is 5.11. The molecule has 0 heterocycles. The van der Waals surface area contributed by atoms with Crippen LogP contribution in [0.2, 0.25) is 5.02 Å². The van der Waals surface area contributed by atoms with Gasteiger partial charge in [0.05, 0.1) is 6.21 Å². The first-order chi connectivity index (χ1) is 16.5. The van der Waals surface area contributed by atoms with Gasteiger partial charge in [-0.3, -0.25) is 9.59 Å². The number of carbonyl (C=O) groups is 2. The summed E-state index contributed by atoms with van der Waals surface area (Å²) >= 11 is 5.98. The maximum atomic E-state index is 12.9. The fraction of sp³-hybridized carbons (Fsp3) is 0.148. The van der Waals surface area contributed by atoms with E-state index in [1.807, 2.05) is 36.4 Å². The molecule has 3 rings (SSSR count). The Morgan fingerprint density at radius 1 is 0.912 bits per heavy atom.